The maximum atomic E-state index is 12.2. The van der Waals surface area contributed by atoms with Crippen LogP contribution in [0.2, 0.25) is 0 Å². The second-order valence-electron chi connectivity index (χ2n) is 7.49. The average molecular weight is 407 g/mol. The highest BCUT2D eigenvalue weighted by molar-refractivity contribution is 7.12. The summed E-state index contributed by atoms with van der Waals surface area (Å²) in [6, 6.07) is 20.2. The average Bonchev–Trinajstić information content (AvgIpc) is 3.27. The van der Waals surface area contributed by atoms with E-state index in [1.807, 2.05) is 42.6 Å². The maximum absolute atomic E-state index is 12.2. The first-order valence-corrected chi connectivity index (χ1v) is 10.9. The van der Waals surface area contributed by atoms with Crippen LogP contribution in [0.4, 0.5) is 5.69 Å². The van der Waals surface area contributed by atoms with Crippen molar-refractivity contribution in [1.82, 2.24) is 4.90 Å². The number of hydrogen-bond acceptors (Lipinski definition) is 4. The molecule has 2 aromatic carbocycles. The topological polar surface area (TPSA) is 41.6 Å². The van der Waals surface area contributed by atoms with E-state index in [9.17, 15) is 4.79 Å². The minimum atomic E-state index is -0.0705. The van der Waals surface area contributed by atoms with Gasteiger partial charge < -0.3 is 10.1 Å². The molecule has 3 aromatic rings. The smallest absolute Gasteiger partial charge is 0.265 e. The van der Waals surface area contributed by atoms with E-state index in [0.717, 1.165) is 49.5 Å². The molecule has 0 saturated carbocycles. The van der Waals surface area contributed by atoms with Crippen molar-refractivity contribution in [3.05, 3.63) is 82.0 Å². The standard InChI is InChI=1S/C24H26N2O2S/c1-18-16-20(25-24(27)23-8-5-15-29-23)9-10-22(18)28-21-11-13-26(14-12-21)17-19-6-3-2-4-7-19/h2-10,15-16,21H,11-14,17H2,1H3,(H,25,27). The molecule has 0 radical (unpaired) electrons. The maximum Gasteiger partial charge on any atom is 0.265 e. The first kappa shape index (κ1) is 19.7. The quantitative estimate of drug-likeness (QED) is 0.600. The van der Waals surface area contributed by atoms with Crippen LogP contribution in [0.25, 0.3) is 0 Å². The van der Waals surface area contributed by atoms with Gasteiger partial charge in [0.15, 0.2) is 0 Å². The highest BCUT2D eigenvalue weighted by atomic mass is 32.1. The Morgan fingerprint density at radius 2 is 1.90 bits per heavy atom. The van der Waals surface area contributed by atoms with Crippen LogP contribution >= 0.6 is 11.3 Å². The lowest BCUT2D eigenvalue weighted by Crippen LogP contribution is -2.37. The van der Waals surface area contributed by atoms with Crippen molar-refractivity contribution in [3.8, 4) is 5.75 Å². The largest absolute Gasteiger partial charge is 0.490 e. The Hall–Kier alpha value is -2.63. The molecule has 1 aromatic heterocycles. The molecule has 1 aliphatic rings. The minimum Gasteiger partial charge on any atom is -0.490 e. The molecule has 0 aliphatic carbocycles. The molecule has 0 bridgehead atoms. The molecular weight excluding hydrogens is 380 g/mol. The van der Waals surface area contributed by atoms with Gasteiger partial charge in [-0.25, -0.2) is 0 Å². The van der Waals surface area contributed by atoms with Crippen LogP contribution in [0.3, 0.4) is 0 Å². The first-order chi connectivity index (χ1) is 14.2. The number of amides is 1. The van der Waals surface area contributed by atoms with Crippen LogP contribution < -0.4 is 10.1 Å². The fourth-order valence-corrected chi connectivity index (χ4v) is 4.29. The van der Waals surface area contributed by atoms with Crippen molar-refractivity contribution >= 4 is 22.9 Å². The van der Waals surface area contributed by atoms with Gasteiger partial charge in [-0.2, -0.15) is 0 Å². The molecule has 150 valence electrons. The zero-order valence-electron chi connectivity index (χ0n) is 16.6. The molecule has 0 unspecified atom stereocenters. The Morgan fingerprint density at radius 3 is 2.59 bits per heavy atom. The highest BCUT2D eigenvalue weighted by Gasteiger charge is 2.21. The molecule has 0 spiro atoms. The number of aryl methyl sites for hydroxylation is 1. The number of carbonyl (C=O) groups excluding carboxylic acids is 1. The monoisotopic (exact) mass is 406 g/mol. The van der Waals surface area contributed by atoms with Gasteiger partial charge in [-0.3, -0.25) is 9.69 Å². The van der Waals surface area contributed by atoms with E-state index in [-0.39, 0.29) is 12.0 Å². The Labute approximate surface area is 176 Å². The van der Waals surface area contributed by atoms with E-state index < -0.39 is 0 Å². The molecule has 5 heteroatoms. The number of rotatable bonds is 6. The number of nitrogens with zero attached hydrogens (tertiary/aromatic N) is 1. The number of nitrogens with one attached hydrogen (secondary N) is 1. The van der Waals surface area contributed by atoms with Gasteiger partial charge in [-0.05, 0) is 60.5 Å². The van der Waals surface area contributed by atoms with Crippen LogP contribution in [0.1, 0.15) is 33.6 Å². The second-order valence-corrected chi connectivity index (χ2v) is 8.44. The Kier molecular flexibility index (Phi) is 6.27. The minimum absolute atomic E-state index is 0.0705. The van der Waals surface area contributed by atoms with Gasteiger partial charge in [-0.1, -0.05) is 36.4 Å². The summed E-state index contributed by atoms with van der Waals surface area (Å²) in [5.41, 5.74) is 3.20. The number of piperidine rings is 1. The number of thiophene rings is 1. The molecule has 0 atom stereocenters. The van der Waals surface area contributed by atoms with Crippen molar-refractivity contribution in [2.75, 3.05) is 18.4 Å². The van der Waals surface area contributed by atoms with Gasteiger partial charge in [0.1, 0.15) is 11.9 Å². The number of likely N-dealkylation sites (tertiary alicyclic amines) is 1. The summed E-state index contributed by atoms with van der Waals surface area (Å²) in [4.78, 5) is 15.4. The van der Waals surface area contributed by atoms with Crippen molar-refractivity contribution < 1.29 is 9.53 Å². The van der Waals surface area contributed by atoms with Crippen LogP contribution in [-0.4, -0.2) is 30.0 Å². The Morgan fingerprint density at radius 1 is 1.10 bits per heavy atom. The highest BCUT2D eigenvalue weighted by Crippen LogP contribution is 2.26. The number of carbonyl (C=O) groups is 1. The lowest BCUT2D eigenvalue weighted by Gasteiger charge is -2.32. The Balaban J connectivity index is 1.29. The SMILES string of the molecule is Cc1cc(NC(=O)c2cccs2)ccc1OC1CCN(Cc2ccccc2)CC1. The normalized spacial score (nSPS) is 15.2. The van der Waals surface area contributed by atoms with Crippen molar-refractivity contribution in [1.29, 1.82) is 0 Å². The van der Waals surface area contributed by atoms with Gasteiger partial charge in [0.25, 0.3) is 5.91 Å². The van der Waals surface area contributed by atoms with Crippen molar-refractivity contribution in [2.45, 2.75) is 32.4 Å². The molecule has 2 heterocycles. The molecule has 1 fully saturated rings. The van der Waals surface area contributed by atoms with E-state index in [1.165, 1.54) is 16.9 Å². The summed E-state index contributed by atoms with van der Waals surface area (Å²) in [7, 11) is 0. The van der Waals surface area contributed by atoms with Gasteiger partial charge in [0.05, 0.1) is 4.88 Å². The second kappa shape index (κ2) is 9.25. The molecule has 1 N–H and O–H groups in total. The predicted octanol–water partition coefficient (Wildman–Crippen LogP) is 5.35. The molecule has 1 saturated heterocycles. The lowest BCUT2D eigenvalue weighted by atomic mass is 10.1. The van der Waals surface area contributed by atoms with E-state index in [4.69, 9.17) is 4.74 Å². The fourth-order valence-electron chi connectivity index (χ4n) is 3.67. The van der Waals surface area contributed by atoms with Crippen molar-refractivity contribution in [3.63, 3.8) is 0 Å². The third-order valence-corrected chi connectivity index (χ3v) is 6.12. The number of ether oxygens (including phenoxy) is 1. The summed E-state index contributed by atoms with van der Waals surface area (Å²) in [6.45, 7) is 5.13. The van der Waals surface area contributed by atoms with Crippen LogP contribution in [0.5, 0.6) is 5.75 Å². The third kappa shape index (κ3) is 5.25. The van der Waals surface area contributed by atoms with Gasteiger partial charge in [0, 0.05) is 25.3 Å². The van der Waals surface area contributed by atoms with Gasteiger partial charge in [-0.15, -0.1) is 11.3 Å². The van der Waals surface area contributed by atoms with E-state index in [0.29, 0.717) is 4.88 Å². The Bertz CT molecular complexity index is 933. The third-order valence-electron chi connectivity index (χ3n) is 5.26. The summed E-state index contributed by atoms with van der Waals surface area (Å²) < 4.78 is 6.28. The van der Waals surface area contributed by atoms with Crippen LogP contribution in [0, 0.1) is 6.92 Å². The van der Waals surface area contributed by atoms with Crippen LogP contribution in [0.15, 0.2) is 66.0 Å². The zero-order valence-corrected chi connectivity index (χ0v) is 17.5. The van der Waals surface area contributed by atoms with Crippen LogP contribution in [-0.2, 0) is 6.54 Å². The van der Waals surface area contributed by atoms with Gasteiger partial charge in [0.2, 0.25) is 0 Å². The molecule has 4 nitrogen and oxygen atoms in total. The molecule has 29 heavy (non-hydrogen) atoms. The zero-order chi connectivity index (χ0) is 20.1. The molecule has 1 aliphatic heterocycles. The number of anilines is 1. The lowest BCUT2D eigenvalue weighted by molar-refractivity contribution is 0.0962. The molecular formula is C24H26N2O2S. The number of hydrogen-bond donors (Lipinski definition) is 1. The molecule has 1 amide bonds. The summed E-state index contributed by atoms with van der Waals surface area (Å²) in [5, 5.41) is 4.86. The summed E-state index contributed by atoms with van der Waals surface area (Å²) >= 11 is 1.44. The first-order valence-electron chi connectivity index (χ1n) is 10.1. The molecule has 4 rings (SSSR count). The van der Waals surface area contributed by atoms with E-state index in [1.54, 1.807) is 0 Å². The predicted molar refractivity (Wildman–Crippen MR) is 119 cm³/mol. The summed E-state index contributed by atoms with van der Waals surface area (Å²) in [6.07, 6.45) is 2.30. The van der Waals surface area contributed by atoms with E-state index in [2.05, 4.69) is 40.5 Å². The fraction of sp³-hybridized carbons (Fsp3) is 0.292. The van der Waals surface area contributed by atoms with E-state index >= 15 is 0 Å². The summed E-state index contributed by atoms with van der Waals surface area (Å²) in [5.74, 6) is 0.833. The van der Waals surface area contributed by atoms with Gasteiger partial charge >= 0.3 is 0 Å². The number of benzene rings is 2. The van der Waals surface area contributed by atoms with Crippen molar-refractivity contribution in [2.24, 2.45) is 0 Å².